The summed E-state index contributed by atoms with van der Waals surface area (Å²) in [5.41, 5.74) is 1.55. The Labute approximate surface area is 99.9 Å². The molecule has 0 heterocycles. The second-order valence-electron chi connectivity index (χ2n) is 3.31. The summed E-state index contributed by atoms with van der Waals surface area (Å²) in [6.45, 7) is 0. The largest absolute Gasteiger partial charge is 0.478 e. The fourth-order valence-electron chi connectivity index (χ4n) is 1.61. The third-order valence-corrected chi connectivity index (χ3v) is 2.93. The topological polar surface area (TPSA) is 54.4 Å². The van der Waals surface area contributed by atoms with E-state index in [1.165, 1.54) is 6.08 Å². The second kappa shape index (κ2) is 3.77. The molecule has 0 amide bonds. The van der Waals surface area contributed by atoms with Gasteiger partial charge in [0.15, 0.2) is 5.78 Å². The van der Waals surface area contributed by atoms with Crippen LogP contribution >= 0.6 is 22.6 Å². The van der Waals surface area contributed by atoms with E-state index < -0.39 is 5.97 Å². The summed E-state index contributed by atoms with van der Waals surface area (Å²) in [4.78, 5) is 22.2. The van der Waals surface area contributed by atoms with Gasteiger partial charge in [-0.2, -0.15) is 0 Å². The monoisotopic (exact) mass is 314 g/mol. The van der Waals surface area contributed by atoms with Gasteiger partial charge in [-0.15, -0.1) is 0 Å². The predicted octanol–water partition coefficient (Wildman–Crippen LogP) is 1.88. The number of halogens is 1. The van der Waals surface area contributed by atoms with Gasteiger partial charge in [-0.05, 0) is 51.9 Å². The van der Waals surface area contributed by atoms with Gasteiger partial charge in [0, 0.05) is 9.99 Å². The van der Waals surface area contributed by atoms with E-state index in [9.17, 15) is 9.59 Å². The average molecular weight is 314 g/mol. The molecule has 0 unspecified atom stereocenters. The number of aliphatic carboxylic acids is 1. The van der Waals surface area contributed by atoms with Crippen molar-refractivity contribution in [2.75, 3.05) is 0 Å². The number of hydrogen-bond donors (Lipinski definition) is 1. The number of carboxylic acid groups (broad SMARTS) is 1. The SMILES string of the molecule is O=C1C=C(C(=O)O)c2cc(I)ccc2C1. The summed E-state index contributed by atoms with van der Waals surface area (Å²) in [5, 5.41) is 8.97. The smallest absolute Gasteiger partial charge is 0.336 e. The van der Waals surface area contributed by atoms with E-state index in [-0.39, 0.29) is 11.4 Å². The highest BCUT2D eigenvalue weighted by atomic mass is 127. The lowest BCUT2D eigenvalue weighted by Gasteiger charge is -2.14. The molecule has 76 valence electrons. The molecule has 1 aromatic rings. The van der Waals surface area contributed by atoms with Crippen LogP contribution in [0.1, 0.15) is 11.1 Å². The molecule has 0 atom stereocenters. The Bertz CT molecular complexity index is 489. The number of fused-ring (bicyclic) bond motifs is 1. The van der Waals surface area contributed by atoms with Gasteiger partial charge in [0.1, 0.15) is 0 Å². The van der Waals surface area contributed by atoms with Gasteiger partial charge in [0.2, 0.25) is 0 Å². The first-order valence-corrected chi connectivity index (χ1v) is 5.42. The molecule has 15 heavy (non-hydrogen) atoms. The minimum Gasteiger partial charge on any atom is -0.478 e. The van der Waals surface area contributed by atoms with Crippen molar-refractivity contribution in [3.05, 3.63) is 39.0 Å². The predicted molar refractivity (Wildman–Crippen MR) is 63.5 cm³/mol. The average Bonchev–Trinajstić information content (AvgIpc) is 2.17. The standard InChI is InChI=1S/C11H7IO3/c12-7-2-1-6-3-8(13)5-10(11(14)15)9(6)4-7/h1-2,4-5H,3H2,(H,14,15). The van der Waals surface area contributed by atoms with Crippen molar-refractivity contribution >= 4 is 39.9 Å². The van der Waals surface area contributed by atoms with Crippen LogP contribution in [0.3, 0.4) is 0 Å². The fraction of sp³-hybridized carbons (Fsp3) is 0.0909. The number of carbonyl (C=O) groups is 2. The summed E-state index contributed by atoms with van der Waals surface area (Å²) >= 11 is 2.12. The first-order valence-electron chi connectivity index (χ1n) is 4.34. The normalized spacial score (nSPS) is 14.5. The van der Waals surface area contributed by atoms with Crippen LogP contribution in [0.5, 0.6) is 0 Å². The highest BCUT2D eigenvalue weighted by Crippen LogP contribution is 2.26. The number of carbonyl (C=O) groups excluding carboxylic acids is 1. The van der Waals surface area contributed by atoms with Crippen molar-refractivity contribution in [1.82, 2.24) is 0 Å². The third-order valence-electron chi connectivity index (χ3n) is 2.26. The molecule has 4 heteroatoms. The Morgan fingerprint density at radius 1 is 1.40 bits per heavy atom. The van der Waals surface area contributed by atoms with Crippen LogP contribution in [0, 0.1) is 3.57 Å². The van der Waals surface area contributed by atoms with Gasteiger partial charge in [-0.1, -0.05) is 6.07 Å². The molecule has 0 spiro atoms. The molecule has 1 aliphatic rings. The molecule has 1 N–H and O–H groups in total. The summed E-state index contributed by atoms with van der Waals surface area (Å²) in [7, 11) is 0. The van der Waals surface area contributed by atoms with Crippen molar-refractivity contribution in [2.24, 2.45) is 0 Å². The lowest BCUT2D eigenvalue weighted by atomic mass is 9.90. The molecule has 1 aliphatic carbocycles. The van der Waals surface area contributed by atoms with E-state index >= 15 is 0 Å². The summed E-state index contributed by atoms with van der Waals surface area (Å²) in [5.74, 6) is -1.20. The lowest BCUT2D eigenvalue weighted by Crippen LogP contribution is -2.14. The van der Waals surface area contributed by atoms with Gasteiger partial charge < -0.3 is 5.11 Å². The molecular weight excluding hydrogens is 307 g/mol. The second-order valence-corrected chi connectivity index (χ2v) is 4.55. The van der Waals surface area contributed by atoms with Crippen molar-refractivity contribution in [3.8, 4) is 0 Å². The maximum atomic E-state index is 11.3. The van der Waals surface area contributed by atoms with Crippen LogP contribution in [0.4, 0.5) is 0 Å². The van der Waals surface area contributed by atoms with Crippen LogP contribution in [-0.4, -0.2) is 16.9 Å². The zero-order valence-electron chi connectivity index (χ0n) is 7.66. The van der Waals surface area contributed by atoms with Gasteiger partial charge in [-0.3, -0.25) is 4.79 Å². The summed E-state index contributed by atoms with van der Waals surface area (Å²) in [6, 6.07) is 5.48. The Morgan fingerprint density at radius 2 is 2.13 bits per heavy atom. The minimum atomic E-state index is -1.05. The molecule has 0 aromatic heterocycles. The Balaban J connectivity index is 2.63. The number of benzene rings is 1. The maximum Gasteiger partial charge on any atom is 0.336 e. The third kappa shape index (κ3) is 1.94. The summed E-state index contributed by atoms with van der Waals surface area (Å²) < 4.78 is 0.966. The van der Waals surface area contributed by atoms with E-state index in [1.54, 1.807) is 6.07 Å². The fourth-order valence-corrected chi connectivity index (χ4v) is 2.10. The van der Waals surface area contributed by atoms with Crippen molar-refractivity contribution in [3.63, 3.8) is 0 Å². The van der Waals surface area contributed by atoms with Crippen molar-refractivity contribution < 1.29 is 14.7 Å². The zero-order valence-corrected chi connectivity index (χ0v) is 9.82. The van der Waals surface area contributed by atoms with Crippen molar-refractivity contribution in [1.29, 1.82) is 0 Å². The Kier molecular flexibility index (Phi) is 2.60. The van der Waals surface area contributed by atoms with Crippen LogP contribution in [-0.2, 0) is 16.0 Å². The van der Waals surface area contributed by atoms with E-state index in [0.29, 0.717) is 12.0 Å². The number of rotatable bonds is 1. The van der Waals surface area contributed by atoms with E-state index in [2.05, 4.69) is 22.6 Å². The maximum absolute atomic E-state index is 11.3. The number of allylic oxidation sites excluding steroid dienone is 1. The number of carboxylic acids is 1. The van der Waals surface area contributed by atoms with Gasteiger partial charge in [0.25, 0.3) is 0 Å². The summed E-state index contributed by atoms with van der Waals surface area (Å²) in [6.07, 6.45) is 1.50. The highest BCUT2D eigenvalue weighted by molar-refractivity contribution is 14.1. The van der Waals surface area contributed by atoms with Crippen LogP contribution in [0.2, 0.25) is 0 Å². The van der Waals surface area contributed by atoms with Crippen LogP contribution in [0.15, 0.2) is 24.3 Å². The number of hydrogen-bond acceptors (Lipinski definition) is 2. The molecule has 0 bridgehead atoms. The molecular formula is C11H7IO3. The van der Waals surface area contributed by atoms with E-state index in [0.717, 1.165) is 9.13 Å². The van der Waals surface area contributed by atoms with Crippen LogP contribution in [0.25, 0.3) is 5.57 Å². The Morgan fingerprint density at radius 3 is 2.80 bits per heavy atom. The molecule has 0 radical (unpaired) electrons. The molecule has 2 rings (SSSR count). The van der Waals surface area contributed by atoms with Gasteiger partial charge in [0.05, 0.1) is 5.57 Å². The molecule has 0 aliphatic heterocycles. The molecule has 0 saturated carbocycles. The van der Waals surface area contributed by atoms with Crippen molar-refractivity contribution in [2.45, 2.75) is 6.42 Å². The zero-order chi connectivity index (χ0) is 11.0. The van der Waals surface area contributed by atoms with E-state index in [4.69, 9.17) is 5.11 Å². The van der Waals surface area contributed by atoms with Crippen LogP contribution < -0.4 is 0 Å². The molecule has 1 aromatic carbocycles. The number of ketones is 1. The quantitative estimate of drug-likeness (QED) is 0.805. The molecule has 0 fully saturated rings. The van der Waals surface area contributed by atoms with Gasteiger partial charge >= 0.3 is 5.97 Å². The highest BCUT2D eigenvalue weighted by Gasteiger charge is 2.21. The first-order chi connectivity index (χ1) is 7.08. The minimum absolute atomic E-state index is 0.0970. The van der Waals surface area contributed by atoms with E-state index in [1.807, 2.05) is 12.1 Å². The molecule has 0 saturated heterocycles. The van der Waals surface area contributed by atoms with Gasteiger partial charge in [-0.25, -0.2) is 4.79 Å². The first kappa shape index (κ1) is 10.4. The Hall–Kier alpha value is -1.17. The lowest BCUT2D eigenvalue weighted by molar-refractivity contribution is -0.130. The molecule has 3 nitrogen and oxygen atoms in total.